The number of pyridine rings is 1. The molecule has 2 atom stereocenters. The topological polar surface area (TPSA) is 80.2 Å². The van der Waals surface area contributed by atoms with Crippen molar-refractivity contribution in [2.75, 3.05) is 68.4 Å². The van der Waals surface area contributed by atoms with E-state index >= 15 is 0 Å². The smallest absolute Gasteiger partial charge is 0.180 e. The van der Waals surface area contributed by atoms with Gasteiger partial charge < -0.3 is 19.8 Å². The van der Waals surface area contributed by atoms with E-state index in [4.69, 9.17) is 4.98 Å². The fourth-order valence-electron chi connectivity index (χ4n) is 5.97. The Morgan fingerprint density at radius 2 is 1.73 bits per heavy atom. The predicted octanol–water partition coefficient (Wildman–Crippen LogP) is 2.13. The van der Waals surface area contributed by atoms with E-state index in [1.807, 2.05) is 18.2 Å². The van der Waals surface area contributed by atoms with Crippen molar-refractivity contribution in [1.29, 1.82) is 0 Å². The largest absolute Gasteiger partial charge is 0.390 e. The first-order chi connectivity index (χ1) is 17.8. The molecule has 4 heterocycles. The average molecular weight is 522 g/mol. The fraction of sp³-hybridized carbons (Fsp3) is 0.464. The molecule has 0 bridgehead atoms. The molecule has 9 heteroatoms. The van der Waals surface area contributed by atoms with Gasteiger partial charge in [-0.2, -0.15) is 0 Å². The normalized spacial score (nSPS) is 24.8. The van der Waals surface area contributed by atoms with Crippen LogP contribution in [0, 0.1) is 6.92 Å². The van der Waals surface area contributed by atoms with Crippen LogP contribution < -0.4 is 9.80 Å². The van der Waals surface area contributed by atoms with Crippen molar-refractivity contribution in [3.05, 3.63) is 59.7 Å². The monoisotopic (exact) mass is 521 g/mol. The van der Waals surface area contributed by atoms with Gasteiger partial charge in [-0.25, -0.2) is 13.4 Å². The van der Waals surface area contributed by atoms with Gasteiger partial charge in [0.1, 0.15) is 5.82 Å². The molecule has 3 aliphatic heterocycles. The third-order valence-corrected chi connectivity index (χ3v) is 9.95. The molecule has 0 aliphatic carbocycles. The molecule has 8 nitrogen and oxygen atoms in total. The van der Waals surface area contributed by atoms with Crippen LogP contribution in [0.15, 0.2) is 53.4 Å². The molecule has 2 fully saturated rings. The number of hydrogen-bond acceptors (Lipinski definition) is 8. The summed E-state index contributed by atoms with van der Waals surface area (Å²) in [6, 6.07) is 15.8. The van der Waals surface area contributed by atoms with Crippen LogP contribution >= 0.6 is 0 Å². The summed E-state index contributed by atoms with van der Waals surface area (Å²) in [4.78, 5) is 14.6. The van der Waals surface area contributed by atoms with Gasteiger partial charge in [0.15, 0.2) is 9.84 Å². The van der Waals surface area contributed by atoms with Crippen LogP contribution in [-0.2, 0) is 16.4 Å². The van der Waals surface area contributed by atoms with E-state index in [9.17, 15) is 13.5 Å². The van der Waals surface area contributed by atoms with Gasteiger partial charge in [0.25, 0.3) is 0 Å². The SMILES string of the molecule is Cc1ccc2nc(N3CCS(=O)(=O)c4ccccc4C3)cc(N3CC(O)[C@H](N4CCN(C)CC4)C3)c2c1. The summed E-state index contributed by atoms with van der Waals surface area (Å²) in [5.41, 5.74) is 3.91. The van der Waals surface area contributed by atoms with Crippen molar-refractivity contribution in [3.63, 3.8) is 0 Å². The maximum absolute atomic E-state index is 12.9. The number of hydrogen-bond donors (Lipinski definition) is 1. The number of β-amino-alcohol motifs (C(OH)–C–C–N with tert-alkyl or cyclic N) is 1. The molecule has 0 radical (unpaired) electrons. The van der Waals surface area contributed by atoms with Crippen molar-refractivity contribution in [2.24, 2.45) is 0 Å². The third-order valence-electron chi connectivity index (χ3n) is 8.16. The van der Waals surface area contributed by atoms with E-state index in [1.54, 1.807) is 12.1 Å². The van der Waals surface area contributed by atoms with Gasteiger partial charge in [-0.1, -0.05) is 29.8 Å². The Balaban J connectivity index is 1.37. The molecular weight excluding hydrogens is 486 g/mol. The van der Waals surface area contributed by atoms with E-state index < -0.39 is 15.9 Å². The molecule has 3 aliphatic rings. The van der Waals surface area contributed by atoms with E-state index in [0.29, 0.717) is 24.5 Å². The minimum Gasteiger partial charge on any atom is -0.390 e. The first-order valence-electron chi connectivity index (χ1n) is 13.1. The highest BCUT2D eigenvalue weighted by Crippen LogP contribution is 2.35. The van der Waals surface area contributed by atoms with Crippen LogP contribution in [0.1, 0.15) is 11.1 Å². The Morgan fingerprint density at radius 1 is 0.946 bits per heavy atom. The van der Waals surface area contributed by atoms with Crippen molar-refractivity contribution >= 4 is 32.2 Å². The van der Waals surface area contributed by atoms with Crippen LogP contribution in [0.2, 0.25) is 0 Å². The van der Waals surface area contributed by atoms with Crippen LogP contribution in [0.5, 0.6) is 0 Å². The molecule has 2 saturated heterocycles. The highest BCUT2D eigenvalue weighted by atomic mass is 32.2. The molecule has 1 N–H and O–H groups in total. The van der Waals surface area contributed by atoms with Crippen molar-refractivity contribution in [3.8, 4) is 0 Å². The summed E-state index contributed by atoms with van der Waals surface area (Å²) >= 11 is 0. The lowest BCUT2D eigenvalue weighted by atomic mass is 10.1. The number of nitrogens with zero attached hydrogens (tertiary/aromatic N) is 5. The lowest BCUT2D eigenvalue weighted by molar-refractivity contribution is 0.0512. The summed E-state index contributed by atoms with van der Waals surface area (Å²) in [6.07, 6.45) is -0.421. The number of likely N-dealkylation sites (N-methyl/N-ethyl adjacent to an activating group) is 1. The lowest BCUT2D eigenvalue weighted by Gasteiger charge is -2.37. The van der Waals surface area contributed by atoms with Gasteiger partial charge in [0.2, 0.25) is 0 Å². The number of piperazine rings is 1. The number of fused-ring (bicyclic) bond motifs is 2. The van der Waals surface area contributed by atoms with Gasteiger partial charge in [-0.3, -0.25) is 4.90 Å². The van der Waals surface area contributed by atoms with Crippen molar-refractivity contribution in [2.45, 2.75) is 30.5 Å². The Labute approximate surface area is 219 Å². The number of benzene rings is 2. The number of aromatic nitrogens is 1. The molecular formula is C28H35N5O3S. The minimum atomic E-state index is -3.35. The van der Waals surface area contributed by atoms with Gasteiger partial charge >= 0.3 is 0 Å². The van der Waals surface area contributed by atoms with Crippen LogP contribution in [0.25, 0.3) is 10.9 Å². The highest BCUT2D eigenvalue weighted by Gasteiger charge is 2.37. The predicted molar refractivity (Wildman–Crippen MR) is 147 cm³/mol. The second kappa shape index (κ2) is 9.54. The first kappa shape index (κ1) is 24.6. The zero-order valence-corrected chi connectivity index (χ0v) is 22.4. The second-order valence-electron chi connectivity index (χ2n) is 10.7. The van der Waals surface area contributed by atoms with Crippen LogP contribution in [0.3, 0.4) is 0 Å². The maximum atomic E-state index is 12.9. The summed E-state index contributed by atoms with van der Waals surface area (Å²) in [5, 5.41) is 12.2. The maximum Gasteiger partial charge on any atom is 0.180 e. The number of aryl methyl sites for hydroxylation is 1. The van der Waals surface area contributed by atoms with E-state index in [0.717, 1.165) is 66.3 Å². The van der Waals surface area contributed by atoms with Gasteiger partial charge in [-0.05, 0) is 37.7 Å². The Hall–Kier alpha value is -2.72. The minimum absolute atomic E-state index is 0.0564. The van der Waals surface area contributed by atoms with Crippen LogP contribution in [-0.4, -0.2) is 99.1 Å². The van der Waals surface area contributed by atoms with E-state index in [-0.39, 0.29) is 11.8 Å². The Kier molecular flexibility index (Phi) is 6.35. The average Bonchev–Trinajstić information content (AvgIpc) is 3.21. The zero-order chi connectivity index (χ0) is 25.7. The highest BCUT2D eigenvalue weighted by molar-refractivity contribution is 7.91. The number of rotatable bonds is 3. The fourth-order valence-corrected chi connectivity index (χ4v) is 7.47. The van der Waals surface area contributed by atoms with Crippen molar-refractivity contribution in [1.82, 2.24) is 14.8 Å². The van der Waals surface area contributed by atoms with Crippen molar-refractivity contribution < 1.29 is 13.5 Å². The molecule has 0 spiro atoms. The van der Waals surface area contributed by atoms with E-state index in [2.05, 4.69) is 51.8 Å². The first-order valence-corrected chi connectivity index (χ1v) is 14.8. The second-order valence-corrected chi connectivity index (χ2v) is 12.8. The molecule has 2 aromatic carbocycles. The Bertz CT molecular complexity index is 1420. The summed E-state index contributed by atoms with van der Waals surface area (Å²) < 4.78 is 25.9. The Morgan fingerprint density at radius 3 is 2.54 bits per heavy atom. The quantitative estimate of drug-likeness (QED) is 0.562. The molecule has 196 valence electrons. The molecule has 0 saturated carbocycles. The third kappa shape index (κ3) is 4.69. The summed E-state index contributed by atoms with van der Waals surface area (Å²) in [5.74, 6) is 0.830. The standard InChI is InChI=1S/C28H35N5O3S/c1-20-7-8-23-22(15-20)24(33-18-25(26(34)19-33)31-11-9-30(2)10-12-31)16-28(29-23)32-13-14-37(35,36)27-6-4-3-5-21(27)17-32/h3-8,15-16,25-26,34H,9-14,17-19H2,1-2H3/t25-,26?/m1/s1. The number of aliphatic hydroxyl groups excluding tert-OH is 1. The van der Waals surface area contributed by atoms with Gasteiger partial charge in [-0.15, -0.1) is 0 Å². The number of anilines is 2. The summed E-state index contributed by atoms with van der Waals surface area (Å²) in [6.45, 7) is 8.26. The van der Waals surface area contributed by atoms with Gasteiger partial charge in [0, 0.05) is 69.5 Å². The molecule has 1 aromatic heterocycles. The van der Waals surface area contributed by atoms with Crippen LogP contribution in [0.4, 0.5) is 11.5 Å². The molecule has 0 amide bonds. The zero-order valence-electron chi connectivity index (χ0n) is 21.5. The summed E-state index contributed by atoms with van der Waals surface area (Å²) in [7, 11) is -1.20. The van der Waals surface area contributed by atoms with Gasteiger partial charge in [0.05, 0.1) is 28.3 Å². The molecule has 3 aromatic rings. The molecule has 37 heavy (non-hydrogen) atoms. The molecule has 1 unspecified atom stereocenters. The van der Waals surface area contributed by atoms with E-state index in [1.165, 1.54) is 0 Å². The number of sulfone groups is 1. The lowest BCUT2D eigenvalue weighted by Crippen LogP contribution is -2.52. The number of aliphatic hydroxyl groups is 1. The molecule has 6 rings (SSSR count).